The topological polar surface area (TPSA) is 132 Å². The van der Waals surface area contributed by atoms with Crippen LogP contribution in [0, 0.1) is 17.3 Å². The molecule has 4 saturated heterocycles. The minimum atomic E-state index is -1.16. The van der Waals surface area contributed by atoms with Crippen molar-refractivity contribution in [2.24, 2.45) is 28.7 Å². The number of carbonyl (C=O) groups is 2. The molecule has 0 radical (unpaired) electrons. The van der Waals surface area contributed by atoms with Gasteiger partial charge in [0.2, 0.25) is 11.8 Å². The Morgan fingerprint density at radius 1 is 0.955 bits per heavy atom. The number of likely N-dealkylation sites (tertiary alicyclic amines) is 2. The molecule has 12 heteroatoms. The molecule has 1 spiro atoms. The second-order valence-electron chi connectivity index (χ2n) is 14.8. The van der Waals surface area contributed by atoms with Crippen LogP contribution in [-0.4, -0.2) is 129 Å². The summed E-state index contributed by atoms with van der Waals surface area (Å²) in [5.41, 5.74) is 12.6. The highest BCUT2D eigenvalue weighted by atomic mass is 19.1. The molecule has 2 amide bonds. The van der Waals surface area contributed by atoms with Gasteiger partial charge in [-0.3, -0.25) is 14.5 Å². The maximum Gasteiger partial charge on any atom is 0.227 e. The fraction of sp³-hybridized carbons (Fsp3) is 0.938. The van der Waals surface area contributed by atoms with Gasteiger partial charge >= 0.3 is 0 Å². The molecule has 4 heterocycles. The highest BCUT2D eigenvalue weighted by molar-refractivity contribution is 5.81. The van der Waals surface area contributed by atoms with Crippen molar-refractivity contribution in [3.63, 3.8) is 0 Å². The first-order valence-corrected chi connectivity index (χ1v) is 17.3. The third-order valence-corrected chi connectivity index (χ3v) is 11.6. The summed E-state index contributed by atoms with van der Waals surface area (Å²) >= 11 is 0. The average Bonchev–Trinajstić information content (AvgIpc) is 3.50. The first-order chi connectivity index (χ1) is 21.1. The Labute approximate surface area is 262 Å². The molecule has 0 bridgehead atoms. The van der Waals surface area contributed by atoms with Crippen LogP contribution in [0.25, 0.3) is 0 Å². The average molecular weight is 625 g/mol. The summed E-state index contributed by atoms with van der Waals surface area (Å²) in [4.78, 5) is 33.6. The lowest BCUT2D eigenvalue weighted by Crippen LogP contribution is -2.68. The van der Waals surface area contributed by atoms with Gasteiger partial charge in [-0.15, -0.1) is 0 Å². The molecule has 0 aromatic carbocycles. The van der Waals surface area contributed by atoms with Crippen LogP contribution in [0.5, 0.6) is 0 Å². The van der Waals surface area contributed by atoms with Gasteiger partial charge in [0.05, 0.1) is 24.2 Å². The van der Waals surface area contributed by atoms with Crippen LogP contribution in [-0.2, 0) is 9.59 Å². The van der Waals surface area contributed by atoms with Crippen LogP contribution in [0.4, 0.5) is 8.78 Å². The van der Waals surface area contributed by atoms with E-state index in [1.165, 1.54) is 6.42 Å². The molecule has 5 fully saturated rings. The fourth-order valence-electron chi connectivity index (χ4n) is 8.96. The molecule has 5 aliphatic rings. The normalized spacial score (nSPS) is 35.0. The number of nitrogens with zero attached hydrogens (tertiary/aromatic N) is 3. The summed E-state index contributed by atoms with van der Waals surface area (Å²) in [6.45, 7) is 3.64. The smallest absolute Gasteiger partial charge is 0.227 e. The molecule has 10 nitrogen and oxygen atoms in total. The second kappa shape index (κ2) is 15.0. The molecule has 5 rings (SSSR count). The quantitative estimate of drug-likeness (QED) is 0.265. The monoisotopic (exact) mass is 624 g/mol. The third kappa shape index (κ3) is 7.91. The van der Waals surface area contributed by atoms with Crippen molar-refractivity contribution in [1.29, 1.82) is 0 Å². The number of alkyl halides is 2. The number of piperidine rings is 2. The Morgan fingerprint density at radius 2 is 1.68 bits per heavy atom. The van der Waals surface area contributed by atoms with E-state index in [1.807, 2.05) is 4.90 Å². The number of carbonyl (C=O) groups excluding carboxylic acids is 2. The van der Waals surface area contributed by atoms with E-state index < -0.39 is 36.5 Å². The lowest BCUT2D eigenvalue weighted by Gasteiger charge is -2.46. The first-order valence-electron chi connectivity index (χ1n) is 17.3. The minimum Gasteiger partial charge on any atom is -0.350 e. The summed E-state index contributed by atoms with van der Waals surface area (Å²) in [5.74, 6) is -0.871. The van der Waals surface area contributed by atoms with Gasteiger partial charge in [-0.2, -0.15) is 0 Å². The molecule has 44 heavy (non-hydrogen) atoms. The van der Waals surface area contributed by atoms with E-state index in [-0.39, 0.29) is 42.3 Å². The SMILES string of the molecule is CN(C)[C@@H]1CCN(C(=O)C2CCN(C3C(F)CNCC3NC(=O)C(C(N)N)C3CC4(CCCCC4)CCC(F)CN3)CC2)C1. The minimum absolute atomic E-state index is 0.00270. The zero-order valence-electron chi connectivity index (χ0n) is 27.0. The van der Waals surface area contributed by atoms with E-state index in [4.69, 9.17) is 11.5 Å². The van der Waals surface area contributed by atoms with Gasteiger partial charge in [0.1, 0.15) is 12.3 Å². The maximum atomic E-state index is 15.6. The van der Waals surface area contributed by atoms with E-state index in [0.717, 1.165) is 58.0 Å². The van der Waals surface area contributed by atoms with Crippen LogP contribution in [0.1, 0.15) is 70.6 Å². The molecule has 252 valence electrons. The lowest BCUT2D eigenvalue weighted by molar-refractivity contribution is -0.136. The highest BCUT2D eigenvalue weighted by Gasteiger charge is 2.45. The van der Waals surface area contributed by atoms with E-state index in [2.05, 4.69) is 39.8 Å². The Balaban J connectivity index is 1.23. The zero-order chi connectivity index (χ0) is 31.4. The maximum absolute atomic E-state index is 15.6. The molecule has 7 N–H and O–H groups in total. The van der Waals surface area contributed by atoms with Gasteiger partial charge in [-0.05, 0) is 84.0 Å². The van der Waals surface area contributed by atoms with Crippen molar-refractivity contribution in [2.75, 3.05) is 59.9 Å². The second-order valence-corrected chi connectivity index (χ2v) is 14.8. The molecule has 1 aliphatic carbocycles. The molecule has 1 saturated carbocycles. The van der Waals surface area contributed by atoms with Gasteiger partial charge < -0.3 is 37.2 Å². The van der Waals surface area contributed by atoms with Crippen molar-refractivity contribution in [3.8, 4) is 0 Å². The standard InChI is InChI=1S/C32H58F2N8O2/c1-40(2)23-9-15-42(20-23)31(44)21-7-13-41(14-8-21)28-24(34)18-37-19-26(28)39-30(43)27(29(35)36)25-16-32(10-4-3-5-11-32)12-6-22(33)17-38-25/h21-29,37-38H,3-20,35-36H2,1-2H3,(H,39,43)/t22?,23-,24?,25?,26?,27?,28?/m1/s1. The summed E-state index contributed by atoms with van der Waals surface area (Å²) in [6.07, 6.45) is 6.94. The summed E-state index contributed by atoms with van der Waals surface area (Å²) in [6, 6.07) is -0.909. The molecule has 0 aromatic rings. The van der Waals surface area contributed by atoms with Crippen molar-refractivity contribution < 1.29 is 18.4 Å². The summed E-state index contributed by atoms with van der Waals surface area (Å²) in [7, 11) is 4.12. The number of amides is 2. The van der Waals surface area contributed by atoms with E-state index in [9.17, 15) is 14.0 Å². The van der Waals surface area contributed by atoms with Crippen molar-refractivity contribution >= 4 is 11.8 Å². The summed E-state index contributed by atoms with van der Waals surface area (Å²) < 4.78 is 30.4. The number of halogens is 2. The fourth-order valence-corrected chi connectivity index (χ4v) is 8.96. The van der Waals surface area contributed by atoms with Gasteiger partial charge in [-0.25, -0.2) is 8.78 Å². The van der Waals surface area contributed by atoms with Gasteiger partial charge in [0.15, 0.2) is 0 Å². The first kappa shape index (κ1) is 33.9. The molecule has 4 aliphatic heterocycles. The third-order valence-electron chi connectivity index (χ3n) is 11.6. The molecular weight excluding hydrogens is 566 g/mol. The molecular formula is C32H58F2N8O2. The lowest BCUT2D eigenvalue weighted by atomic mass is 9.65. The number of nitrogens with two attached hydrogens (primary N) is 2. The number of hydrogen-bond acceptors (Lipinski definition) is 8. The van der Waals surface area contributed by atoms with Gasteiger partial charge in [-0.1, -0.05) is 19.3 Å². The van der Waals surface area contributed by atoms with Gasteiger partial charge in [0, 0.05) is 50.7 Å². The Morgan fingerprint density at radius 3 is 2.34 bits per heavy atom. The van der Waals surface area contributed by atoms with Crippen LogP contribution in [0.2, 0.25) is 0 Å². The van der Waals surface area contributed by atoms with Crippen LogP contribution < -0.4 is 27.4 Å². The summed E-state index contributed by atoms with van der Waals surface area (Å²) in [5, 5.41) is 9.64. The predicted octanol–water partition coefficient (Wildman–Crippen LogP) is 0.946. The van der Waals surface area contributed by atoms with Crippen molar-refractivity contribution in [1.82, 2.24) is 30.7 Å². The highest BCUT2D eigenvalue weighted by Crippen LogP contribution is 2.46. The Kier molecular flexibility index (Phi) is 11.5. The number of nitrogens with one attached hydrogen (secondary N) is 3. The van der Waals surface area contributed by atoms with Gasteiger partial charge in [0.25, 0.3) is 0 Å². The zero-order valence-corrected chi connectivity index (χ0v) is 27.0. The van der Waals surface area contributed by atoms with E-state index >= 15 is 4.39 Å². The molecule has 7 atom stereocenters. The van der Waals surface area contributed by atoms with E-state index in [0.29, 0.717) is 44.9 Å². The largest absolute Gasteiger partial charge is 0.350 e. The number of hydrogen-bond donors (Lipinski definition) is 5. The van der Waals surface area contributed by atoms with Crippen LogP contribution in [0.15, 0.2) is 0 Å². The van der Waals surface area contributed by atoms with Crippen LogP contribution in [0.3, 0.4) is 0 Å². The number of rotatable bonds is 7. The predicted molar refractivity (Wildman–Crippen MR) is 168 cm³/mol. The van der Waals surface area contributed by atoms with Crippen molar-refractivity contribution in [3.05, 3.63) is 0 Å². The molecule has 6 unspecified atom stereocenters. The Bertz CT molecular complexity index is 959. The molecule has 0 aromatic heterocycles. The van der Waals surface area contributed by atoms with Crippen LogP contribution >= 0.6 is 0 Å². The number of likely N-dealkylation sites (N-methyl/N-ethyl adjacent to an activating group) is 1. The van der Waals surface area contributed by atoms with Crippen molar-refractivity contribution in [2.45, 2.75) is 113 Å². The Hall–Kier alpha value is -1.44. The van der Waals surface area contributed by atoms with E-state index in [1.54, 1.807) is 0 Å².